The van der Waals surface area contributed by atoms with Gasteiger partial charge >= 0.3 is 0 Å². The highest BCUT2D eigenvalue weighted by Crippen LogP contribution is 2.38. The fraction of sp³-hybridized carbons (Fsp3) is 0.321. The van der Waals surface area contributed by atoms with Gasteiger partial charge < -0.3 is 19.8 Å². The lowest BCUT2D eigenvalue weighted by Gasteiger charge is -2.45. The lowest BCUT2D eigenvalue weighted by atomic mass is 9.93. The van der Waals surface area contributed by atoms with Crippen LogP contribution in [-0.4, -0.2) is 54.5 Å². The van der Waals surface area contributed by atoms with E-state index in [9.17, 15) is 5.11 Å². The summed E-state index contributed by atoms with van der Waals surface area (Å²) in [6, 6.07) is 22.6. The average Bonchev–Trinajstić information content (AvgIpc) is 2.88. The van der Waals surface area contributed by atoms with E-state index in [1.165, 1.54) is 0 Å². The number of nitriles is 1. The monoisotopic (exact) mass is 525 g/mol. The number of hydrogen-bond donors (Lipinski definition) is 2. The van der Waals surface area contributed by atoms with Crippen LogP contribution in [0.3, 0.4) is 0 Å². The van der Waals surface area contributed by atoms with Crippen molar-refractivity contribution in [3.05, 3.63) is 93.5 Å². The summed E-state index contributed by atoms with van der Waals surface area (Å²) < 4.78 is 5.51. The van der Waals surface area contributed by atoms with Gasteiger partial charge in [0, 0.05) is 37.3 Å². The van der Waals surface area contributed by atoms with Gasteiger partial charge in [-0.05, 0) is 54.4 Å². The van der Waals surface area contributed by atoms with Crippen LogP contribution in [0.25, 0.3) is 0 Å². The molecule has 0 bridgehead atoms. The lowest BCUT2D eigenvalue weighted by molar-refractivity contribution is 0.0103. The Morgan fingerprint density at radius 1 is 1.06 bits per heavy atom. The van der Waals surface area contributed by atoms with Gasteiger partial charge in [-0.3, -0.25) is 4.90 Å². The Balaban J connectivity index is 1.58. The first-order valence-electron chi connectivity index (χ1n) is 11.8. The number of ether oxygens (including phenoxy) is 1. The van der Waals surface area contributed by atoms with Crippen LogP contribution in [0.2, 0.25) is 10.0 Å². The summed E-state index contributed by atoms with van der Waals surface area (Å²) in [5, 5.41) is 30.7. The fourth-order valence-corrected chi connectivity index (χ4v) is 5.05. The second-order valence-electron chi connectivity index (χ2n) is 9.14. The molecule has 1 saturated heterocycles. The summed E-state index contributed by atoms with van der Waals surface area (Å²) in [5.74, 6) is 0.609. The molecule has 36 heavy (non-hydrogen) atoms. The molecule has 1 fully saturated rings. The van der Waals surface area contributed by atoms with Crippen molar-refractivity contribution >= 4 is 28.9 Å². The Labute approximate surface area is 221 Å². The van der Waals surface area contributed by atoms with Crippen LogP contribution in [0.15, 0.2) is 66.7 Å². The van der Waals surface area contributed by atoms with E-state index in [4.69, 9.17) is 38.3 Å². The van der Waals surface area contributed by atoms with Gasteiger partial charge in [-0.15, -0.1) is 0 Å². The molecular formula is C28H29Cl2N3O3. The van der Waals surface area contributed by atoms with Crippen molar-refractivity contribution in [3.8, 4) is 11.8 Å². The Kier molecular flexibility index (Phi) is 8.40. The number of aliphatic hydroxyl groups is 2. The van der Waals surface area contributed by atoms with Crippen molar-refractivity contribution in [1.29, 1.82) is 5.26 Å². The van der Waals surface area contributed by atoms with Crippen molar-refractivity contribution < 1.29 is 14.9 Å². The summed E-state index contributed by atoms with van der Waals surface area (Å²) in [6.07, 6.45) is 0. The average molecular weight is 526 g/mol. The Morgan fingerprint density at radius 2 is 1.78 bits per heavy atom. The number of rotatable bonds is 8. The van der Waals surface area contributed by atoms with Gasteiger partial charge in [0.2, 0.25) is 0 Å². The maximum atomic E-state index is 11.3. The Bertz CT molecular complexity index is 1210. The quantitative estimate of drug-likeness (QED) is 0.430. The molecule has 0 amide bonds. The highest BCUT2D eigenvalue weighted by Gasteiger charge is 2.34. The van der Waals surface area contributed by atoms with Crippen molar-refractivity contribution in [1.82, 2.24) is 4.90 Å². The molecule has 2 atom stereocenters. The molecule has 6 nitrogen and oxygen atoms in total. The van der Waals surface area contributed by atoms with Crippen LogP contribution >= 0.6 is 23.2 Å². The molecule has 3 aromatic rings. The molecule has 0 radical (unpaired) electrons. The maximum absolute atomic E-state index is 11.3. The van der Waals surface area contributed by atoms with Crippen molar-refractivity contribution in [2.24, 2.45) is 0 Å². The third-order valence-corrected chi connectivity index (χ3v) is 7.03. The van der Waals surface area contributed by atoms with Crippen LogP contribution < -0.4 is 9.64 Å². The number of benzene rings is 3. The van der Waals surface area contributed by atoms with E-state index < -0.39 is 5.60 Å². The minimum absolute atomic E-state index is 0.0190. The van der Waals surface area contributed by atoms with Crippen molar-refractivity contribution in [2.75, 3.05) is 44.3 Å². The first-order valence-corrected chi connectivity index (χ1v) is 12.6. The van der Waals surface area contributed by atoms with Crippen LogP contribution in [-0.2, 0) is 5.60 Å². The Hall–Kier alpha value is -2.79. The van der Waals surface area contributed by atoms with Crippen molar-refractivity contribution in [3.63, 3.8) is 0 Å². The van der Waals surface area contributed by atoms with E-state index >= 15 is 0 Å². The second-order valence-corrected chi connectivity index (χ2v) is 9.99. The van der Waals surface area contributed by atoms with Gasteiger partial charge in [0.15, 0.2) is 0 Å². The number of hydrogen-bond acceptors (Lipinski definition) is 6. The first kappa shape index (κ1) is 26.3. The molecule has 4 rings (SSSR count). The largest absolute Gasteiger partial charge is 0.491 e. The molecule has 1 aliphatic heterocycles. The summed E-state index contributed by atoms with van der Waals surface area (Å²) in [4.78, 5) is 4.52. The Morgan fingerprint density at radius 3 is 2.42 bits per heavy atom. The second kappa shape index (κ2) is 11.5. The topological polar surface area (TPSA) is 80.0 Å². The zero-order valence-corrected chi connectivity index (χ0v) is 21.6. The van der Waals surface area contributed by atoms with E-state index in [2.05, 4.69) is 15.9 Å². The molecule has 3 aromatic carbocycles. The third-order valence-electron chi connectivity index (χ3n) is 6.48. The van der Waals surface area contributed by atoms with Crippen molar-refractivity contribution in [2.45, 2.75) is 18.6 Å². The summed E-state index contributed by atoms with van der Waals surface area (Å²) in [7, 11) is 0. The number of halogens is 2. The van der Waals surface area contributed by atoms with Crippen LogP contribution in [0, 0.1) is 11.3 Å². The number of β-amino-alcohol motifs (C(OH)–C–C–N with tert-alkyl or cyclic N) is 1. The number of aliphatic hydroxyl groups excluding tert-OH is 1. The predicted octanol–water partition coefficient (Wildman–Crippen LogP) is 5.01. The SMILES string of the molecule is C[C@@](O)(CN1CCN(c2ccc(OCCO)cc2Cl)C(c2ccc(Cl)cc2)C1)c1ccc(C#N)cc1. The first-order chi connectivity index (χ1) is 17.3. The van der Waals surface area contributed by atoms with Gasteiger partial charge in [0.1, 0.15) is 12.4 Å². The number of nitrogens with zero attached hydrogens (tertiary/aromatic N) is 3. The summed E-state index contributed by atoms with van der Waals surface area (Å²) >= 11 is 12.8. The maximum Gasteiger partial charge on any atom is 0.121 e. The summed E-state index contributed by atoms with van der Waals surface area (Å²) in [5.41, 5.74) is 2.25. The minimum Gasteiger partial charge on any atom is -0.491 e. The summed E-state index contributed by atoms with van der Waals surface area (Å²) in [6.45, 7) is 4.50. The molecule has 0 aliphatic carbocycles. The number of piperazine rings is 1. The van der Waals surface area contributed by atoms with E-state index in [0.717, 1.165) is 23.4 Å². The van der Waals surface area contributed by atoms with Crippen LogP contribution in [0.4, 0.5) is 5.69 Å². The molecular weight excluding hydrogens is 497 g/mol. The van der Waals surface area contributed by atoms with Gasteiger partial charge in [-0.25, -0.2) is 0 Å². The fourth-order valence-electron chi connectivity index (χ4n) is 4.65. The third kappa shape index (κ3) is 6.12. The zero-order chi connectivity index (χ0) is 25.7. The normalized spacial score (nSPS) is 17.9. The zero-order valence-electron chi connectivity index (χ0n) is 20.1. The molecule has 2 N–H and O–H groups in total. The smallest absolute Gasteiger partial charge is 0.121 e. The van der Waals surface area contributed by atoms with Gasteiger partial charge in [-0.1, -0.05) is 47.5 Å². The number of anilines is 1. The van der Waals surface area contributed by atoms with Gasteiger partial charge in [0.25, 0.3) is 0 Å². The molecule has 0 aromatic heterocycles. The highest BCUT2D eigenvalue weighted by atomic mass is 35.5. The molecule has 8 heteroatoms. The van der Waals surface area contributed by atoms with E-state index in [-0.39, 0.29) is 19.3 Å². The van der Waals surface area contributed by atoms with Crippen LogP contribution in [0.1, 0.15) is 29.7 Å². The molecule has 1 unspecified atom stereocenters. The standard InChI is InChI=1S/C28H29Cl2N3O3/c1-28(35,22-6-2-20(17-31)3-7-22)19-32-12-13-33(27(18-32)21-4-8-23(29)9-5-21)26-11-10-24(16-25(26)30)36-15-14-34/h2-11,16,27,34-35H,12-15,18-19H2,1H3/t27?,28-/m1/s1. The molecule has 0 spiro atoms. The molecule has 188 valence electrons. The van der Waals surface area contributed by atoms with E-state index in [1.54, 1.807) is 25.1 Å². The molecule has 1 aliphatic rings. The molecule has 1 heterocycles. The lowest BCUT2D eigenvalue weighted by Crippen LogP contribution is -2.52. The molecule has 0 saturated carbocycles. The van der Waals surface area contributed by atoms with Crippen LogP contribution in [0.5, 0.6) is 5.75 Å². The minimum atomic E-state index is -1.08. The highest BCUT2D eigenvalue weighted by molar-refractivity contribution is 6.33. The van der Waals surface area contributed by atoms with Gasteiger partial charge in [-0.2, -0.15) is 5.26 Å². The van der Waals surface area contributed by atoms with Gasteiger partial charge in [0.05, 0.1) is 40.6 Å². The van der Waals surface area contributed by atoms with E-state index in [1.807, 2.05) is 48.5 Å². The predicted molar refractivity (Wildman–Crippen MR) is 143 cm³/mol. The van der Waals surface area contributed by atoms with E-state index in [0.29, 0.717) is 41.0 Å².